The van der Waals surface area contributed by atoms with E-state index in [2.05, 4.69) is 34.2 Å². The van der Waals surface area contributed by atoms with Crippen LogP contribution in [0, 0.1) is 20.8 Å². The van der Waals surface area contributed by atoms with Crippen LogP contribution >= 0.6 is 0 Å². The Labute approximate surface area is 114 Å². The minimum absolute atomic E-state index is 0.174. The molecule has 0 bridgehead atoms. The third-order valence-corrected chi connectivity index (χ3v) is 3.57. The van der Waals surface area contributed by atoms with Gasteiger partial charge in [0.15, 0.2) is 0 Å². The van der Waals surface area contributed by atoms with Crippen molar-refractivity contribution in [3.63, 3.8) is 0 Å². The van der Waals surface area contributed by atoms with Gasteiger partial charge in [-0.3, -0.25) is 14.6 Å². The van der Waals surface area contributed by atoms with Crippen LogP contribution in [0.2, 0.25) is 0 Å². The number of nitrogens with one attached hydrogen (secondary N) is 1. The Balaban J connectivity index is 2.09. The van der Waals surface area contributed by atoms with Crippen LogP contribution in [0.3, 0.4) is 0 Å². The summed E-state index contributed by atoms with van der Waals surface area (Å²) in [7, 11) is 1.97. The molecule has 0 aliphatic carbocycles. The first-order chi connectivity index (χ1) is 9.00. The van der Waals surface area contributed by atoms with Gasteiger partial charge in [0.1, 0.15) is 0 Å². The molecule has 1 N–H and O–H groups in total. The second-order valence-electron chi connectivity index (χ2n) is 4.90. The maximum absolute atomic E-state index is 4.43. The Morgan fingerprint density at radius 3 is 2.42 bits per heavy atom. The fraction of sp³-hybridized carbons (Fsp3) is 0.500. The zero-order chi connectivity index (χ0) is 14.0. The van der Waals surface area contributed by atoms with Gasteiger partial charge in [0, 0.05) is 43.3 Å². The van der Waals surface area contributed by atoms with Gasteiger partial charge in [-0.1, -0.05) is 0 Å². The van der Waals surface area contributed by atoms with Crippen LogP contribution in [-0.2, 0) is 13.6 Å². The molecule has 0 saturated heterocycles. The van der Waals surface area contributed by atoms with Crippen molar-refractivity contribution in [1.82, 2.24) is 25.1 Å². The number of aryl methyl sites for hydroxylation is 3. The van der Waals surface area contributed by atoms with Crippen molar-refractivity contribution in [2.45, 2.75) is 40.3 Å². The van der Waals surface area contributed by atoms with E-state index in [1.54, 1.807) is 12.4 Å². The molecule has 0 fully saturated rings. The molecule has 2 heterocycles. The molecule has 2 rings (SSSR count). The highest BCUT2D eigenvalue weighted by atomic mass is 15.3. The average molecular weight is 259 g/mol. The third-order valence-electron chi connectivity index (χ3n) is 3.57. The lowest BCUT2D eigenvalue weighted by molar-refractivity contribution is 0.553. The quantitative estimate of drug-likeness (QED) is 0.912. The smallest absolute Gasteiger partial charge is 0.0782 e. The average Bonchev–Trinajstić information content (AvgIpc) is 2.61. The maximum atomic E-state index is 4.43. The summed E-state index contributed by atoms with van der Waals surface area (Å²) in [6, 6.07) is 0.174. The van der Waals surface area contributed by atoms with Crippen LogP contribution < -0.4 is 5.32 Å². The lowest BCUT2D eigenvalue weighted by Crippen LogP contribution is -2.21. The molecule has 19 heavy (non-hydrogen) atoms. The van der Waals surface area contributed by atoms with Gasteiger partial charge < -0.3 is 5.32 Å². The fourth-order valence-corrected chi connectivity index (χ4v) is 2.27. The molecule has 102 valence electrons. The summed E-state index contributed by atoms with van der Waals surface area (Å²) < 4.78 is 1.92. The van der Waals surface area contributed by atoms with E-state index < -0.39 is 0 Å². The van der Waals surface area contributed by atoms with E-state index in [1.807, 2.05) is 25.6 Å². The predicted molar refractivity (Wildman–Crippen MR) is 74.7 cm³/mol. The topological polar surface area (TPSA) is 55.6 Å². The first-order valence-electron chi connectivity index (χ1n) is 6.50. The molecule has 2 aromatic heterocycles. The number of aromatic nitrogens is 4. The van der Waals surface area contributed by atoms with Crippen LogP contribution in [0.25, 0.3) is 0 Å². The molecule has 0 amide bonds. The van der Waals surface area contributed by atoms with Crippen molar-refractivity contribution < 1.29 is 0 Å². The minimum atomic E-state index is 0.174. The summed E-state index contributed by atoms with van der Waals surface area (Å²) in [6.07, 6.45) is 3.46. The van der Waals surface area contributed by atoms with Gasteiger partial charge in [-0.25, -0.2) is 0 Å². The Hall–Kier alpha value is -1.75. The van der Waals surface area contributed by atoms with Gasteiger partial charge in [0.2, 0.25) is 0 Å². The highest BCUT2D eigenvalue weighted by Crippen LogP contribution is 2.16. The van der Waals surface area contributed by atoms with Crippen molar-refractivity contribution in [3.05, 3.63) is 40.7 Å². The highest BCUT2D eigenvalue weighted by molar-refractivity contribution is 5.24. The molecule has 5 heteroatoms. The second kappa shape index (κ2) is 5.48. The first-order valence-corrected chi connectivity index (χ1v) is 6.50. The number of nitrogens with zero attached hydrogens (tertiary/aromatic N) is 4. The Morgan fingerprint density at radius 1 is 1.16 bits per heavy atom. The Morgan fingerprint density at radius 2 is 1.84 bits per heavy atom. The standard InChI is InChI=1S/C14H21N5/c1-9-13(12(4)19(5)18-9)8-17-11(3)14-10(2)15-6-7-16-14/h6-7,11,17H,8H2,1-5H3. The van der Waals surface area contributed by atoms with Crippen molar-refractivity contribution in [2.75, 3.05) is 0 Å². The van der Waals surface area contributed by atoms with Crippen LogP contribution in [0.4, 0.5) is 0 Å². The molecule has 0 saturated carbocycles. The summed E-state index contributed by atoms with van der Waals surface area (Å²) in [5, 5.41) is 7.92. The van der Waals surface area contributed by atoms with E-state index >= 15 is 0 Å². The van der Waals surface area contributed by atoms with E-state index in [0.717, 1.165) is 23.6 Å². The van der Waals surface area contributed by atoms with E-state index in [0.29, 0.717) is 0 Å². The molecule has 0 spiro atoms. The number of hydrogen-bond donors (Lipinski definition) is 1. The summed E-state index contributed by atoms with van der Waals surface area (Å²) in [5.74, 6) is 0. The van der Waals surface area contributed by atoms with E-state index in [1.165, 1.54) is 11.3 Å². The van der Waals surface area contributed by atoms with Gasteiger partial charge in [-0.15, -0.1) is 0 Å². The molecule has 5 nitrogen and oxygen atoms in total. The molecular formula is C14H21N5. The molecule has 0 aliphatic heterocycles. The Bertz CT molecular complexity index is 573. The first kappa shape index (κ1) is 13.7. The zero-order valence-electron chi connectivity index (χ0n) is 12.2. The second-order valence-corrected chi connectivity index (χ2v) is 4.90. The fourth-order valence-electron chi connectivity index (χ4n) is 2.27. The van der Waals surface area contributed by atoms with Crippen molar-refractivity contribution in [1.29, 1.82) is 0 Å². The molecule has 1 atom stereocenters. The van der Waals surface area contributed by atoms with Gasteiger partial charge >= 0.3 is 0 Å². The number of rotatable bonds is 4. The predicted octanol–water partition coefficient (Wildman–Crippen LogP) is 1.99. The molecular weight excluding hydrogens is 238 g/mol. The lowest BCUT2D eigenvalue weighted by Gasteiger charge is -2.15. The van der Waals surface area contributed by atoms with Crippen LogP contribution in [-0.4, -0.2) is 19.7 Å². The van der Waals surface area contributed by atoms with Crippen molar-refractivity contribution >= 4 is 0 Å². The van der Waals surface area contributed by atoms with E-state index in [9.17, 15) is 0 Å². The molecule has 0 aliphatic rings. The van der Waals surface area contributed by atoms with Crippen LogP contribution in [0.15, 0.2) is 12.4 Å². The SMILES string of the molecule is Cc1nccnc1C(C)NCc1c(C)nn(C)c1C. The van der Waals surface area contributed by atoms with Crippen molar-refractivity contribution in [3.8, 4) is 0 Å². The summed E-state index contributed by atoms with van der Waals surface area (Å²) in [5.41, 5.74) is 5.52. The summed E-state index contributed by atoms with van der Waals surface area (Å²) in [6.45, 7) is 9.03. The van der Waals surface area contributed by atoms with E-state index in [-0.39, 0.29) is 6.04 Å². The Kier molecular flexibility index (Phi) is 3.95. The normalized spacial score (nSPS) is 12.7. The monoisotopic (exact) mass is 259 g/mol. The van der Waals surface area contributed by atoms with Gasteiger partial charge in [-0.2, -0.15) is 5.10 Å². The van der Waals surface area contributed by atoms with Gasteiger partial charge in [0.05, 0.1) is 17.1 Å². The number of hydrogen-bond acceptors (Lipinski definition) is 4. The summed E-state index contributed by atoms with van der Waals surface area (Å²) in [4.78, 5) is 8.67. The van der Waals surface area contributed by atoms with Crippen LogP contribution in [0.1, 0.15) is 41.3 Å². The van der Waals surface area contributed by atoms with Crippen LogP contribution in [0.5, 0.6) is 0 Å². The van der Waals surface area contributed by atoms with E-state index in [4.69, 9.17) is 0 Å². The molecule has 0 aromatic carbocycles. The lowest BCUT2D eigenvalue weighted by atomic mass is 10.1. The molecule has 1 unspecified atom stereocenters. The third kappa shape index (κ3) is 2.81. The zero-order valence-corrected chi connectivity index (χ0v) is 12.2. The van der Waals surface area contributed by atoms with Gasteiger partial charge in [0.25, 0.3) is 0 Å². The highest BCUT2D eigenvalue weighted by Gasteiger charge is 2.13. The van der Waals surface area contributed by atoms with Gasteiger partial charge in [-0.05, 0) is 27.7 Å². The minimum Gasteiger partial charge on any atom is -0.305 e. The van der Waals surface area contributed by atoms with Crippen molar-refractivity contribution in [2.24, 2.45) is 7.05 Å². The molecule has 2 aromatic rings. The summed E-state index contributed by atoms with van der Waals surface area (Å²) >= 11 is 0. The largest absolute Gasteiger partial charge is 0.305 e. The maximum Gasteiger partial charge on any atom is 0.0782 e. The molecule has 0 radical (unpaired) electrons.